The Morgan fingerprint density at radius 2 is 2.12 bits per heavy atom. The second kappa shape index (κ2) is 8.94. The normalized spacial score (nSPS) is 18.8. The second-order valence-electron chi connectivity index (χ2n) is 4.41. The van der Waals surface area contributed by atoms with Crippen LogP contribution in [-0.2, 0) is 9.53 Å². The molecule has 0 aromatic rings. The van der Waals surface area contributed by atoms with Gasteiger partial charge in [-0.05, 0) is 13.8 Å². The van der Waals surface area contributed by atoms with Crippen molar-refractivity contribution < 1.29 is 9.53 Å². The molecule has 104 valence electrons. The van der Waals surface area contributed by atoms with Gasteiger partial charge in [0.2, 0.25) is 5.91 Å². The highest BCUT2D eigenvalue weighted by Gasteiger charge is 2.29. The molecule has 1 aliphatic rings. The minimum absolute atomic E-state index is 0. The SMILES string of the molecule is CC1(C)COCCN1CCNC(=O)CN.Cl.Cl. The van der Waals surface area contributed by atoms with Crippen LogP contribution >= 0.6 is 24.8 Å². The van der Waals surface area contributed by atoms with Crippen LogP contribution in [0.25, 0.3) is 0 Å². The van der Waals surface area contributed by atoms with E-state index in [1.54, 1.807) is 0 Å². The lowest BCUT2D eigenvalue weighted by Crippen LogP contribution is -2.54. The summed E-state index contributed by atoms with van der Waals surface area (Å²) in [6.45, 7) is 8.31. The molecule has 7 heteroatoms. The molecule has 0 spiro atoms. The molecule has 3 N–H and O–H groups in total. The predicted molar refractivity (Wildman–Crippen MR) is 73.0 cm³/mol. The molecule has 0 aromatic heterocycles. The summed E-state index contributed by atoms with van der Waals surface area (Å²) in [5.41, 5.74) is 5.26. The Balaban J connectivity index is 0. The van der Waals surface area contributed by atoms with Crippen LogP contribution in [0.4, 0.5) is 0 Å². The highest BCUT2D eigenvalue weighted by atomic mass is 35.5. The lowest BCUT2D eigenvalue weighted by atomic mass is 10.0. The number of carbonyl (C=O) groups is 1. The van der Waals surface area contributed by atoms with Gasteiger partial charge in [-0.3, -0.25) is 9.69 Å². The monoisotopic (exact) mass is 287 g/mol. The van der Waals surface area contributed by atoms with E-state index < -0.39 is 0 Å². The molecule has 0 unspecified atom stereocenters. The number of amides is 1. The van der Waals surface area contributed by atoms with Gasteiger partial charge in [0.05, 0.1) is 19.8 Å². The van der Waals surface area contributed by atoms with Crippen molar-refractivity contribution in [3.8, 4) is 0 Å². The number of hydrogen-bond acceptors (Lipinski definition) is 4. The van der Waals surface area contributed by atoms with Crippen molar-refractivity contribution in [2.24, 2.45) is 5.73 Å². The van der Waals surface area contributed by atoms with E-state index in [2.05, 4.69) is 24.1 Å². The average molecular weight is 288 g/mol. The molecule has 0 bridgehead atoms. The van der Waals surface area contributed by atoms with E-state index in [1.165, 1.54) is 0 Å². The van der Waals surface area contributed by atoms with E-state index in [1.807, 2.05) is 0 Å². The lowest BCUT2D eigenvalue weighted by molar-refractivity contribution is -0.120. The summed E-state index contributed by atoms with van der Waals surface area (Å²) in [7, 11) is 0. The standard InChI is InChI=1S/C10H21N3O2.2ClH/c1-10(2)8-15-6-5-13(10)4-3-12-9(14)7-11;;/h3-8,11H2,1-2H3,(H,12,14);2*1H. The van der Waals surface area contributed by atoms with E-state index in [4.69, 9.17) is 10.5 Å². The summed E-state index contributed by atoms with van der Waals surface area (Å²) >= 11 is 0. The fourth-order valence-corrected chi connectivity index (χ4v) is 1.71. The van der Waals surface area contributed by atoms with Crippen molar-refractivity contribution >= 4 is 30.7 Å². The van der Waals surface area contributed by atoms with Crippen LogP contribution in [0.15, 0.2) is 0 Å². The van der Waals surface area contributed by atoms with Crippen molar-refractivity contribution in [1.29, 1.82) is 0 Å². The number of nitrogens with zero attached hydrogens (tertiary/aromatic N) is 1. The van der Waals surface area contributed by atoms with Gasteiger partial charge in [0.1, 0.15) is 0 Å². The summed E-state index contributed by atoms with van der Waals surface area (Å²) < 4.78 is 5.41. The van der Waals surface area contributed by atoms with Crippen molar-refractivity contribution in [3.05, 3.63) is 0 Å². The van der Waals surface area contributed by atoms with Gasteiger partial charge < -0.3 is 15.8 Å². The van der Waals surface area contributed by atoms with Gasteiger partial charge >= 0.3 is 0 Å². The number of rotatable bonds is 4. The number of nitrogens with two attached hydrogens (primary N) is 1. The van der Waals surface area contributed by atoms with Gasteiger partial charge in [-0.2, -0.15) is 0 Å². The van der Waals surface area contributed by atoms with E-state index in [-0.39, 0.29) is 42.8 Å². The van der Waals surface area contributed by atoms with Crippen LogP contribution in [0.3, 0.4) is 0 Å². The summed E-state index contributed by atoms with van der Waals surface area (Å²) in [5, 5.41) is 2.77. The fourth-order valence-electron chi connectivity index (χ4n) is 1.71. The summed E-state index contributed by atoms with van der Waals surface area (Å²) in [6.07, 6.45) is 0. The number of ether oxygens (including phenoxy) is 1. The Morgan fingerprint density at radius 1 is 1.47 bits per heavy atom. The highest BCUT2D eigenvalue weighted by molar-refractivity contribution is 5.85. The first kappa shape index (κ1) is 19.3. The van der Waals surface area contributed by atoms with Crippen molar-refractivity contribution in [1.82, 2.24) is 10.2 Å². The maximum Gasteiger partial charge on any atom is 0.233 e. The molecule has 1 aliphatic heterocycles. The molecule has 5 nitrogen and oxygen atoms in total. The Kier molecular flexibility index (Phi) is 10.1. The first-order valence-electron chi connectivity index (χ1n) is 5.36. The minimum Gasteiger partial charge on any atom is -0.378 e. The Hall–Kier alpha value is -0.0700. The molecule has 0 aromatic carbocycles. The predicted octanol–water partition coefficient (Wildman–Crippen LogP) is 0.0157. The molecule has 17 heavy (non-hydrogen) atoms. The van der Waals surface area contributed by atoms with Gasteiger partial charge in [0, 0.05) is 25.2 Å². The minimum atomic E-state index is -0.0962. The van der Waals surface area contributed by atoms with Crippen LogP contribution in [0, 0.1) is 0 Å². The second-order valence-corrected chi connectivity index (χ2v) is 4.41. The molecule has 0 radical (unpaired) electrons. The molecule has 0 aliphatic carbocycles. The molecule has 1 saturated heterocycles. The molecule has 1 amide bonds. The van der Waals surface area contributed by atoms with Crippen LogP contribution in [0.2, 0.25) is 0 Å². The summed E-state index contributed by atoms with van der Waals surface area (Å²) in [5.74, 6) is -0.0962. The average Bonchev–Trinajstić information content (AvgIpc) is 2.20. The van der Waals surface area contributed by atoms with Crippen LogP contribution in [0.1, 0.15) is 13.8 Å². The van der Waals surface area contributed by atoms with Crippen molar-refractivity contribution in [3.63, 3.8) is 0 Å². The van der Waals surface area contributed by atoms with Gasteiger partial charge in [-0.1, -0.05) is 0 Å². The number of nitrogens with one attached hydrogen (secondary N) is 1. The fraction of sp³-hybridized carbons (Fsp3) is 0.900. The topological polar surface area (TPSA) is 67.6 Å². The molecule has 0 atom stereocenters. The summed E-state index contributed by atoms with van der Waals surface area (Å²) in [4.78, 5) is 13.3. The van der Waals surface area contributed by atoms with Gasteiger partial charge in [0.15, 0.2) is 0 Å². The Morgan fingerprint density at radius 3 is 2.65 bits per heavy atom. The largest absolute Gasteiger partial charge is 0.378 e. The zero-order valence-corrected chi connectivity index (χ0v) is 12.0. The number of halogens is 2. The van der Waals surface area contributed by atoms with Gasteiger partial charge in [0.25, 0.3) is 0 Å². The van der Waals surface area contributed by atoms with Gasteiger partial charge in [-0.15, -0.1) is 24.8 Å². The van der Waals surface area contributed by atoms with Crippen molar-refractivity contribution in [2.75, 3.05) is 39.4 Å². The number of carbonyl (C=O) groups excluding carboxylic acids is 1. The summed E-state index contributed by atoms with van der Waals surface area (Å²) in [6, 6.07) is 0. The van der Waals surface area contributed by atoms with Crippen molar-refractivity contribution in [2.45, 2.75) is 19.4 Å². The van der Waals surface area contributed by atoms with Crippen LogP contribution in [-0.4, -0.2) is 55.7 Å². The zero-order chi connectivity index (χ0) is 11.3. The molecule has 1 rings (SSSR count). The molecule has 1 heterocycles. The molecule has 0 saturated carbocycles. The van der Waals surface area contributed by atoms with Crippen LogP contribution in [0.5, 0.6) is 0 Å². The third-order valence-electron chi connectivity index (χ3n) is 2.71. The third kappa shape index (κ3) is 6.43. The first-order chi connectivity index (χ1) is 7.06. The van der Waals surface area contributed by atoms with E-state index in [0.29, 0.717) is 6.54 Å². The quantitative estimate of drug-likeness (QED) is 0.765. The maximum absolute atomic E-state index is 10.9. The lowest BCUT2D eigenvalue weighted by Gasteiger charge is -2.42. The van der Waals surface area contributed by atoms with E-state index >= 15 is 0 Å². The molecule has 1 fully saturated rings. The number of morpholine rings is 1. The zero-order valence-electron chi connectivity index (χ0n) is 10.4. The van der Waals surface area contributed by atoms with E-state index in [9.17, 15) is 4.79 Å². The third-order valence-corrected chi connectivity index (χ3v) is 2.71. The highest BCUT2D eigenvalue weighted by Crippen LogP contribution is 2.17. The van der Waals surface area contributed by atoms with Gasteiger partial charge in [-0.25, -0.2) is 0 Å². The Labute approximate surface area is 115 Å². The molecular formula is C10H23Cl2N3O2. The van der Waals surface area contributed by atoms with Crippen LogP contribution < -0.4 is 11.1 Å². The smallest absolute Gasteiger partial charge is 0.233 e. The number of hydrogen-bond donors (Lipinski definition) is 2. The first-order valence-corrected chi connectivity index (χ1v) is 5.36. The van der Waals surface area contributed by atoms with E-state index in [0.717, 1.165) is 26.3 Å². The molecular weight excluding hydrogens is 265 g/mol. The Bertz CT molecular complexity index is 228. The maximum atomic E-state index is 10.9.